The third-order valence-electron chi connectivity index (χ3n) is 3.39. The van der Waals surface area contributed by atoms with Gasteiger partial charge in [-0.25, -0.2) is 4.99 Å². The normalized spacial score (nSPS) is 11.5. The molecule has 1 amide bonds. The zero-order valence-corrected chi connectivity index (χ0v) is 19.8. The molecular weight excluding hydrogens is 497 g/mol. The number of carbonyl (C=O) groups excluding carboxylic acids is 1. The van der Waals surface area contributed by atoms with Crippen molar-refractivity contribution < 1.29 is 23.0 Å². The average molecular weight is 528 g/mol. The van der Waals surface area contributed by atoms with Gasteiger partial charge in [0, 0.05) is 18.6 Å². The Morgan fingerprint density at radius 1 is 1.21 bits per heavy atom. The molecule has 0 radical (unpaired) electrons. The van der Waals surface area contributed by atoms with Gasteiger partial charge in [-0.05, 0) is 51.8 Å². The molecular formula is C19H31F2IN4O3. The molecule has 1 rings (SSSR count). The van der Waals surface area contributed by atoms with Crippen molar-refractivity contribution in [2.45, 2.75) is 46.3 Å². The Hall–Kier alpha value is -1.85. The lowest BCUT2D eigenvalue weighted by Crippen LogP contribution is -2.43. The summed E-state index contributed by atoms with van der Waals surface area (Å²) in [7, 11) is 1.39. The van der Waals surface area contributed by atoms with Gasteiger partial charge in [-0.2, -0.15) is 8.78 Å². The Bertz CT molecular complexity index is 667. The maximum Gasteiger partial charge on any atom is 0.387 e. The first-order chi connectivity index (χ1) is 13.1. The van der Waals surface area contributed by atoms with Crippen LogP contribution in [0.15, 0.2) is 23.2 Å². The summed E-state index contributed by atoms with van der Waals surface area (Å²) in [6.45, 7) is 5.84. The van der Waals surface area contributed by atoms with Gasteiger partial charge in [-0.1, -0.05) is 6.07 Å². The summed E-state index contributed by atoms with van der Waals surface area (Å²) >= 11 is 0. The number of alkyl halides is 2. The van der Waals surface area contributed by atoms with Crippen molar-refractivity contribution >= 4 is 35.8 Å². The minimum atomic E-state index is -2.92. The number of amides is 1. The topological polar surface area (TPSA) is 84.0 Å². The molecule has 0 unspecified atom stereocenters. The van der Waals surface area contributed by atoms with Gasteiger partial charge in [0.2, 0.25) is 5.91 Å². The molecule has 3 N–H and O–H groups in total. The molecule has 0 aromatic heterocycles. The van der Waals surface area contributed by atoms with Crippen LogP contribution in [-0.4, -0.2) is 50.8 Å². The fourth-order valence-electron chi connectivity index (χ4n) is 2.34. The molecule has 0 saturated carbocycles. The highest BCUT2D eigenvalue weighted by atomic mass is 127. The number of guanidine groups is 1. The molecule has 0 aliphatic rings. The smallest absolute Gasteiger partial charge is 0.387 e. The number of benzene rings is 1. The summed E-state index contributed by atoms with van der Waals surface area (Å²) in [5.74, 6) is 0.573. The second-order valence-electron chi connectivity index (χ2n) is 7.03. The largest absolute Gasteiger partial charge is 0.493 e. The van der Waals surface area contributed by atoms with Crippen LogP contribution in [0, 0.1) is 0 Å². The van der Waals surface area contributed by atoms with E-state index in [0.717, 1.165) is 5.56 Å². The minimum absolute atomic E-state index is 0. The standard InChI is InChI=1S/C19H30F2N4O3.HI/c1-6-22-18(24-12-16(26)25-19(2,3)4)23-10-9-13-7-8-14(27-5)15(11-13)28-17(20)21;/h7-8,11,17H,6,9-10,12H2,1-5H3,(H,25,26)(H2,22,23,24);1H. The van der Waals surface area contributed by atoms with Crippen LogP contribution in [0.4, 0.5) is 8.78 Å². The van der Waals surface area contributed by atoms with Crippen molar-refractivity contribution in [3.63, 3.8) is 0 Å². The summed E-state index contributed by atoms with van der Waals surface area (Å²) in [5.41, 5.74) is 0.482. The van der Waals surface area contributed by atoms with Crippen LogP contribution >= 0.6 is 24.0 Å². The second kappa shape index (κ2) is 13.4. The fraction of sp³-hybridized carbons (Fsp3) is 0.579. The van der Waals surface area contributed by atoms with Crippen molar-refractivity contribution in [2.24, 2.45) is 4.99 Å². The number of nitrogens with one attached hydrogen (secondary N) is 3. The zero-order valence-electron chi connectivity index (χ0n) is 17.5. The monoisotopic (exact) mass is 528 g/mol. The average Bonchev–Trinajstić information content (AvgIpc) is 2.58. The predicted molar refractivity (Wildman–Crippen MR) is 121 cm³/mol. The number of ether oxygens (including phenoxy) is 2. The third-order valence-corrected chi connectivity index (χ3v) is 3.39. The number of hydrogen-bond donors (Lipinski definition) is 3. The van der Waals surface area contributed by atoms with Gasteiger partial charge in [0.25, 0.3) is 0 Å². The highest BCUT2D eigenvalue weighted by Crippen LogP contribution is 2.29. The molecule has 10 heteroatoms. The van der Waals surface area contributed by atoms with Gasteiger partial charge in [0.1, 0.15) is 6.54 Å². The van der Waals surface area contributed by atoms with Crippen molar-refractivity contribution in [1.29, 1.82) is 0 Å². The van der Waals surface area contributed by atoms with E-state index in [1.54, 1.807) is 12.1 Å². The molecule has 29 heavy (non-hydrogen) atoms. The summed E-state index contributed by atoms with van der Waals surface area (Å²) in [6, 6.07) is 4.89. The number of rotatable bonds is 9. The second-order valence-corrected chi connectivity index (χ2v) is 7.03. The van der Waals surface area contributed by atoms with E-state index in [2.05, 4.69) is 25.7 Å². The molecule has 0 bridgehead atoms. The lowest BCUT2D eigenvalue weighted by Gasteiger charge is -2.20. The van der Waals surface area contributed by atoms with E-state index in [1.807, 2.05) is 27.7 Å². The Kier molecular flexibility index (Phi) is 12.5. The SMILES string of the molecule is CCNC(=NCC(=O)NC(C)(C)C)NCCc1ccc(OC)c(OC(F)F)c1.I. The summed E-state index contributed by atoms with van der Waals surface area (Å²) in [6.07, 6.45) is 0.544. The fourth-order valence-corrected chi connectivity index (χ4v) is 2.34. The maximum absolute atomic E-state index is 12.5. The molecule has 0 fully saturated rings. The molecule has 0 aliphatic heterocycles. The van der Waals surface area contributed by atoms with Crippen molar-refractivity contribution in [1.82, 2.24) is 16.0 Å². The van der Waals surface area contributed by atoms with E-state index in [4.69, 9.17) is 4.74 Å². The number of carbonyl (C=O) groups is 1. The van der Waals surface area contributed by atoms with Gasteiger partial charge >= 0.3 is 6.61 Å². The van der Waals surface area contributed by atoms with E-state index < -0.39 is 6.61 Å². The van der Waals surface area contributed by atoms with Crippen LogP contribution < -0.4 is 25.4 Å². The number of nitrogens with zero attached hydrogens (tertiary/aromatic N) is 1. The van der Waals surface area contributed by atoms with E-state index >= 15 is 0 Å². The Morgan fingerprint density at radius 2 is 1.90 bits per heavy atom. The molecule has 0 aliphatic carbocycles. The molecule has 1 aromatic rings. The van der Waals surface area contributed by atoms with Crippen LogP contribution in [0.1, 0.15) is 33.3 Å². The Labute approximate surface area is 188 Å². The zero-order chi connectivity index (χ0) is 21.2. The van der Waals surface area contributed by atoms with Crippen molar-refractivity contribution in [3.8, 4) is 11.5 Å². The van der Waals surface area contributed by atoms with Crippen LogP contribution in [0.2, 0.25) is 0 Å². The molecule has 1 aromatic carbocycles. The van der Waals surface area contributed by atoms with Crippen LogP contribution in [0.25, 0.3) is 0 Å². The number of halogens is 3. The number of methoxy groups -OCH3 is 1. The van der Waals surface area contributed by atoms with E-state index in [0.29, 0.717) is 25.5 Å². The van der Waals surface area contributed by atoms with Crippen molar-refractivity contribution in [2.75, 3.05) is 26.7 Å². The molecule has 0 saturated heterocycles. The first-order valence-corrected chi connectivity index (χ1v) is 9.09. The molecule has 166 valence electrons. The van der Waals surface area contributed by atoms with Gasteiger partial charge in [-0.3, -0.25) is 4.79 Å². The van der Waals surface area contributed by atoms with Crippen LogP contribution in [-0.2, 0) is 11.2 Å². The quantitative estimate of drug-likeness (QED) is 0.261. The number of aliphatic imine (C=N–C) groups is 1. The predicted octanol–water partition coefficient (Wildman–Crippen LogP) is 2.93. The maximum atomic E-state index is 12.5. The summed E-state index contributed by atoms with van der Waals surface area (Å²) in [5, 5.41) is 9.02. The summed E-state index contributed by atoms with van der Waals surface area (Å²) in [4.78, 5) is 16.1. The van der Waals surface area contributed by atoms with E-state index in [-0.39, 0.29) is 53.5 Å². The van der Waals surface area contributed by atoms with Gasteiger partial charge in [0.15, 0.2) is 17.5 Å². The molecule has 0 atom stereocenters. The highest BCUT2D eigenvalue weighted by molar-refractivity contribution is 14.0. The van der Waals surface area contributed by atoms with Gasteiger partial charge in [-0.15, -0.1) is 24.0 Å². The lowest BCUT2D eigenvalue weighted by molar-refractivity contribution is -0.121. The highest BCUT2D eigenvalue weighted by Gasteiger charge is 2.13. The minimum Gasteiger partial charge on any atom is -0.493 e. The Morgan fingerprint density at radius 3 is 2.45 bits per heavy atom. The van der Waals surface area contributed by atoms with Gasteiger partial charge < -0.3 is 25.4 Å². The molecule has 0 heterocycles. The Balaban J connectivity index is 0.00000784. The van der Waals surface area contributed by atoms with E-state index in [9.17, 15) is 13.6 Å². The third kappa shape index (κ3) is 11.7. The van der Waals surface area contributed by atoms with Crippen LogP contribution in [0.3, 0.4) is 0 Å². The summed E-state index contributed by atoms with van der Waals surface area (Å²) < 4.78 is 34.5. The van der Waals surface area contributed by atoms with Crippen LogP contribution in [0.5, 0.6) is 11.5 Å². The first kappa shape index (κ1) is 27.1. The number of hydrogen-bond acceptors (Lipinski definition) is 4. The molecule has 0 spiro atoms. The first-order valence-electron chi connectivity index (χ1n) is 9.09. The van der Waals surface area contributed by atoms with Crippen molar-refractivity contribution in [3.05, 3.63) is 23.8 Å². The van der Waals surface area contributed by atoms with E-state index in [1.165, 1.54) is 13.2 Å². The van der Waals surface area contributed by atoms with Gasteiger partial charge in [0.05, 0.1) is 7.11 Å². The molecule has 7 nitrogen and oxygen atoms in total. The lowest BCUT2D eigenvalue weighted by atomic mass is 10.1.